The number of nitrogens with zero attached hydrogens (tertiary/aromatic N) is 1. The van der Waals surface area contributed by atoms with Crippen LogP contribution in [0, 0.1) is 0 Å². The minimum atomic E-state index is -0.890. The zero-order valence-electron chi connectivity index (χ0n) is 23.1. The maximum absolute atomic E-state index is 13.9. The van der Waals surface area contributed by atoms with E-state index in [0.717, 1.165) is 5.56 Å². The van der Waals surface area contributed by atoms with E-state index in [1.807, 2.05) is 30.3 Å². The zero-order valence-corrected chi connectivity index (χ0v) is 23.1. The minimum absolute atomic E-state index is 0.0163. The van der Waals surface area contributed by atoms with E-state index in [1.165, 1.54) is 19.1 Å². The van der Waals surface area contributed by atoms with Gasteiger partial charge in [0.1, 0.15) is 6.61 Å². The Morgan fingerprint density at radius 2 is 1.71 bits per heavy atom. The van der Waals surface area contributed by atoms with Crippen molar-refractivity contribution in [1.29, 1.82) is 0 Å². The van der Waals surface area contributed by atoms with Crippen LogP contribution in [0.5, 0.6) is 17.2 Å². The largest absolute Gasteiger partial charge is 0.503 e. The third kappa shape index (κ3) is 5.49. The summed E-state index contributed by atoms with van der Waals surface area (Å²) >= 11 is 0. The highest BCUT2D eigenvalue weighted by Gasteiger charge is 2.44. The number of rotatable bonds is 12. The topological polar surface area (TPSA) is 108 Å². The number of ether oxygens (including phenoxy) is 4. The zero-order chi connectivity index (χ0) is 28.9. The van der Waals surface area contributed by atoms with Crippen LogP contribution in [0.15, 0.2) is 88.5 Å². The third-order valence-electron chi connectivity index (χ3n) is 6.99. The van der Waals surface area contributed by atoms with Crippen molar-refractivity contribution in [2.24, 2.45) is 0 Å². The Bertz CT molecular complexity index is 1590. The fourth-order valence-electron chi connectivity index (χ4n) is 4.99. The summed E-state index contributed by atoms with van der Waals surface area (Å²) in [6, 6.07) is 20.9. The van der Waals surface area contributed by atoms with Gasteiger partial charge in [0.25, 0.3) is 5.91 Å². The predicted molar refractivity (Wildman–Crippen MR) is 151 cm³/mol. The first-order chi connectivity index (χ1) is 20.0. The van der Waals surface area contributed by atoms with Gasteiger partial charge in [-0.25, -0.2) is 0 Å². The molecule has 41 heavy (non-hydrogen) atoms. The highest BCUT2D eigenvalue weighted by atomic mass is 16.5. The van der Waals surface area contributed by atoms with Gasteiger partial charge in [0, 0.05) is 25.6 Å². The first-order valence-corrected chi connectivity index (χ1v) is 13.2. The van der Waals surface area contributed by atoms with Crippen molar-refractivity contribution in [2.75, 3.05) is 34.5 Å². The molecular weight excluding hydrogens is 526 g/mol. The lowest BCUT2D eigenvalue weighted by atomic mass is 9.94. The van der Waals surface area contributed by atoms with Gasteiger partial charge in [-0.2, -0.15) is 0 Å². The number of aliphatic hydroxyl groups is 1. The van der Waals surface area contributed by atoms with Crippen molar-refractivity contribution in [3.63, 3.8) is 0 Å². The number of benzene rings is 3. The second-order valence-electron chi connectivity index (χ2n) is 9.51. The molecular formula is C32H31NO8. The van der Waals surface area contributed by atoms with Gasteiger partial charge in [-0.3, -0.25) is 9.59 Å². The van der Waals surface area contributed by atoms with E-state index in [1.54, 1.807) is 49.6 Å². The summed E-state index contributed by atoms with van der Waals surface area (Å²) in [6.07, 6.45) is 0.505. The number of hydrogen-bond donors (Lipinski definition) is 1. The minimum Gasteiger partial charge on any atom is -0.503 e. The highest BCUT2D eigenvalue weighted by Crippen LogP contribution is 2.42. The van der Waals surface area contributed by atoms with Gasteiger partial charge < -0.3 is 33.4 Å². The van der Waals surface area contributed by atoms with E-state index in [-0.39, 0.29) is 17.9 Å². The summed E-state index contributed by atoms with van der Waals surface area (Å²) in [5.74, 6) is -0.486. The summed E-state index contributed by atoms with van der Waals surface area (Å²) in [4.78, 5) is 28.7. The molecule has 1 N–H and O–H groups in total. The first-order valence-electron chi connectivity index (χ1n) is 13.2. The number of fused-ring (bicyclic) bond motifs is 1. The summed E-state index contributed by atoms with van der Waals surface area (Å²) in [7, 11) is 4.60. The van der Waals surface area contributed by atoms with Gasteiger partial charge in [-0.05, 0) is 41.8 Å². The fourth-order valence-corrected chi connectivity index (χ4v) is 4.99. The Kier molecular flexibility index (Phi) is 8.26. The Morgan fingerprint density at radius 3 is 2.44 bits per heavy atom. The molecule has 3 aromatic carbocycles. The molecule has 0 spiro atoms. The van der Waals surface area contributed by atoms with Crippen molar-refractivity contribution in [2.45, 2.75) is 19.1 Å². The van der Waals surface area contributed by atoms with Crippen LogP contribution in [-0.2, 0) is 16.1 Å². The number of carbonyl (C=O) groups is 2. The fraction of sp³-hybridized carbons (Fsp3) is 0.250. The van der Waals surface area contributed by atoms with Crippen molar-refractivity contribution < 1.29 is 38.1 Å². The molecule has 0 saturated carbocycles. The van der Waals surface area contributed by atoms with Gasteiger partial charge in [-0.15, -0.1) is 0 Å². The average Bonchev–Trinajstić information content (AvgIpc) is 3.55. The second kappa shape index (κ2) is 12.2. The van der Waals surface area contributed by atoms with Crippen molar-refractivity contribution in [3.8, 4) is 17.2 Å². The molecule has 4 aromatic rings. The van der Waals surface area contributed by atoms with E-state index in [2.05, 4.69) is 0 Å². The lowest BCUT2D eigenvalue weighted by Gasteiger charge is -2.27. The molecule has 0 aliphatic carbocycles. The molecule has 5 rings (SSSR count). The Hall–Kier alpha value is -4.76. The van der Waals surface area contributed by atoms with Gasteiger partial charge in [0.05, 0.1) is 25.8 Å². The first kappa shape index (κ1) is 27.8. The van der Waals surface area contributed by atoms with Crippen LogP contribution in [0.3, 0.4) is 0 Å². The molecule has 1 atom stereocenters. The molecule has 0 radical (unpaired) electrons. The quantitative estimate of drug-likeness (QED) is 0.176. The molecule has 2 heterocycles. The van der Waals surface area contributed by atoms with E-state index >= 15 is 0 Å². The number of furan rings is 1. The Balaban J connectivity index is 1.52. The van der Waals surface area contributed by atoms with E-state index in [9.17, 15) is 14.7 Å². The smallest absolute Gasteiger partial charge is 0.290 e. The number of para-hydroxylation sites is 1. The summed E-state index contributed by atoms with van der Waals surface area (Å²) < 4.78 is 28.1. The molecule has 9 heteroatoms. The van der Waals surface area contributed by atoms with E-state index < -0.39 is 23.5 Å². The van der Waals surface area contributed by atoms with Crippen molar-refractivity contribution in [1.82, 2.24) is 4.90 Å². The predicted octanol–water partition coefficient (Wildman–Crippen LogP) is 5.64. The summed E-state index contributed by atoms with van der Waals surface area (Å²) in [6.45, 7) is 0.988. The number of amides is 1. The standard InChI is InChI=1S/C32H31NO8/c1-37-16-8-15-33-28(21-13-14-23(25(17-21)39-3)40-19-20-9-5-4-6-10-20)27(30(35)32(33)36)29(34)26-18-22-11-7-12-24(38-2)31(22)41-26/h4-7,9-14,17-18,28,35H,8,15-16,19H2,1-3H3. The van der Waals surface area contributed by atoms with Gasteiger partial charge in [-0.1, -0.05) is 48.5 Å². The molecule has 0 bridgehead atoms. The molecule has 9 nitrogen and oxygen atoms in total. The molecule has 1 unspecified atom stereocenters. The molecule has 0 fully saturated rings. The number of ketones is 1. The van der Waals surface area contributed by atoms with E-state index in [0.29, 0.717) is 53.4 Å². The number of methoxy groups -OCH3 is 3. The van der Waals surface area contributed by atoms with Crippen LogP contribution in [0.1, 0.15) is 34.1 Å². The number of carbonyl (C=O) groups excluding carboxylic acids is 2. The molecule has 1 aromatic heterocycles. The number of aliphatic hydroxyl groups excluding tert-OH is 1. The summed E-state index contributed by atoms with van der Waals surface area (Å²) in [5.41, 5.74) is 1.89. The molecule has 1 amide bonds. The van der Waals surface area contributed by atoms with E-state index in [4.69, 9.17) is 23.4 Å². The third-order valence-corrected chi connectivity index (χ3v) is 6.99. The molecule has 1 aliphatic rings. The lowest BCUT2D eigenvalue weighted by molar-refractivity contribution is -0.129. The number of hydrogen-bond acceptors (Lipinski definition) is 8. The van der Waals surface area contributed by atoms with Crippen molar-refractivity contribution in [3.05, 3.63) is 101 Å². The Labute approximate surface area is 237 Å². The monoisotopic (exact) mass is 557 g/mol. The maximum atomic E-state index is 13.9. The maximum Gasteiger partial charge on any atom is 0.290 e. The number of Topliss-reactive ketones (excluding diaryl/α,β-unsaturated/α-hetero) is 1. The molecule has 1 aliphatic heterocycles. The Morgan fingerprint density at radius 1 is 0.927 bits per heavy atom. The molecule has 212 valence electrons. The van der Waals surface area contributed by atoms with Crippen LogP contribution in [0.4, 0.5) is 0 Å². The lowest BCUT2D eigenvalue weighted by Crippen LogP contribution is -2.32. The van der Waals surface area contributed by atoms with Crippen LogP contribution in [0.25, 0.3) is 11.0 Å². The van der Waals surface area contributed by atoms with Crippen molar-refractivity contribution >= 4 is 22.7 Å². The normalized spacial score (nSPS) is 15.0. The second-order valence-corrected chi connectivity index (χ2v) is 9.51. The van der Waals surface area contributed by atoms with Gasteiger partial charge in [0.2, 0.25) is 5.78 Å². The highest BCUT2D eigenvalue weighted by molar-refractivity contribution is 6.16. The van der Waals surface area contributed by atoms with Crippen LogP contribution < -0.4 is 14.2 Å². The van der Waals surface area contributed by atoms with Crippen LogP contribution >= 0.6 is 0 Å². The SMILES string of the molecule is COCCCN1C(=O)C(O)=C(C(=O)c2cc3cccc(OC)c3o2)C1c1ccc(OCc2ccccc2)c(OC)c1. The van der Waals surface area contributed by atoms with Crippen LogP contribution in [-0.4, -0.2) is 56.2 Å². The summed E-state index contributed by atoms with van der Waals surface area (Å²) in [5, 5.41) is 11.7. The van der Waals surface area contributed by atoms with Gasteiger partial charge >= 0.3 is 0 Å². The average molecular weight is 558 g/mol. The van der Waals surface area contributed by atoms with Crippen LogP contribution in [0.2, 0.25) is 0 Å². The van der Waals surface area contributed by atoms with Gasteiger partial charge in [0.15, 0.2) is 34.4 Å². The molecule has 0 saturated heterocycles.